The third-order valence-electron chi connectivity index (χ3n) is 1.77. The molecule has 1 aliphatic carbocycles. The molecule has 0 amide bonds. The molecule has 0 aliphatic heterocycles. The van der Waals surface area contributed by atoms with E-state index in [0.717, 1.165) is 6.08 Å². The fourth-order valence-corrected chi connectivity index (χ4v) is 1.10. The molecule has 0 radical (unpaired) electrons. The maximum absolute atomic E-state index is 10.4. The Morgan fingerprint density at radius 3 is 2.92 bits per heavy atom. The maximum atomic E-state index is 10.4. The normalized spacial score (nSPS) is 25.5. The SMILES string of the molecule is CCOC1C=C(C=O)C=CC1(O)O. The van der Waals surface area contributed by atoms with E-state index in [2.05, 4.69) is 0 Å². The average Bonchev–Trinajstić information content (AvgIpc) is 2.09. The van der Waals surface area contributed by atoms with Gasteiger partial charge in [-0.3, -0.25) is 4.79 Å². The number of rotatable bonds is 3. The molecule has 1 unspecified atom stereocenters. The van der Waals surface area contributed by atoms with Crippen molar-refractivity contribution in [2.45, 2.75) is 18.8 Å². The van der Waals surface area contributed by atoms with Crippen molar-refractivity contribution in [1.82, 2.24) is 0 Å². The van der Waals surface area contributed by atoms with E-state index in [0.29, 0.717) is 18.5 Å². The van der Waals surface area contributed by atoms with Gasteiger partial charge in [0.15, 0.2) is 0 Å². The Balaban J connectivity index is 2.83. The smallest absolute Gasteiger partial charge is 0.214 e. The van der Waals surface area contributed by atoms with Gasteiger partial charge in [-0.15, -0.1) is 0 Å². The molecule has 1 aliphatic rings. The minimum atomic E-state index is -2.01. The number of ether oxygens (including phenoxy) is 1. The first-order valence-corrected chi connectivity index (χ1v) is 4.02. The molecule has 0 aromatic heterocycles. The highest BCUT2D eigenvalue weighted by atomic mass is 16.6. The molecule has 0 fully saturated rings. The summed E-state index contributed by atoms with van der Waals surface area (Å²) in [4.78, 5) is 10.4. The van der Waals surface area contributed by atoms with E-state index in [9.17, 15) is 15.0 Å². The van der Waals surface area contributed by atoms with Gasteiger partial charge in [-0.25, -0.2) is 0 Å². The fourth-order valence-electron chi connectivity index (χ4n) is 1.10. The number of hydrogen-bond donors (Lipinski definition) is 2. The Kier molecular flexibility index (Phi) is 2.98. The molecule has 0 aromatic rings. The van der Waals surface area contributed by atoms with Crippen LogP contribution in [0.3, 0.4) is 0 Å². The summed E-state index contributed by atoms with van der Waals surface area (Å²) in [5.41, 5.74) is 0.386. The third-order valence-corrected chi connectivity index (χ3v) is 1.77. The number of carbonyl (C=O) groups is 1. The zero-order chi connectivity index (χ0) is 9.90. The highest BCUT2D eigenvalue weighted by molar-refractivity contribution is 5.78. The summed E-state index contributed by atoms with van der Waals surface area (Å²) in [6.07, 6.45) is 3.64. The van der Waals surface area contributed by atoms with Crippen molar-refractivity contribution in [2.75, 3.05) is 6.61 Å². The Labute approximate surface area is 76.1 Å². The Morgan fingerprint density at radius 1 is 1.69 bits per heavy atom. The lowest BCUT2D eigenvalue weighted by atomic mass is 10.00. The third kappa shape index (κ3) is 2.24. The van der Waals surface area contributed by atoms with E-state index < -0.39 is 11.9 Å². The van der Waals surface area contributed by atoms with Crippen molar-refractivity contribution >= 4 is 6.29 Å². The second-order valence-electron chi connectivity index (χ2n) is 2.78. The topological polar surface area (TPSA) is 66.8 Å². The molecule has 13 heavy (non-hydrogen) atoms. The van der Waals surface area contributed by atoms with Crippen LogP contribution in [0, 0.1) is 0 Å². The van der Waals surface area contributed by atoms with Crippen LogP contribution < -0.4 is 0 Å². The minimum absolute atomic E-state index is 0.351. The van der Waals surface area contributed by atoms with Crippen LogP contribution in [0.1, 0.15) is 6.92 Å². The van der Waals surface area contributed by atoms with Crippen molar-refractivity contribution in [3.8, 4) is 0 Å². The zero-order valence-corrected chi connectivity index (χ0v) is 7.30. The van der Waals surface area contributed by atoms with Gasteiger partial charge in [-0.1, -0.05) is 6.08 Å². The van der Waals surface area contributed by atoms with Crippen molar-refractivity contribution in [3.05, 3.63) is 23.8 Å². The van der Waals surface area contributed by atoms with Crippen LogP contribution in [0.4, 0.5) is 0 Å². The lowest BCUT2D eigenvalue weighted by Gasteiger charge is -2.28. The van der Waals surface area contributed by atoms with Gasteiger partial charge in [-0.2, -0.15) is 0 Å². The number of aliphatic hydroxyl groups is 2. The lowest BCUT2D eigenvalue weighted by molar-refractivity contribution is -0.189. The summed E-state index contributed by atoms with van der Waals surface area (Å²) >= 11 is 0. The van der Waals surface area contributed by atoms with E-state index in [1.807, 2.05) is 0 Å². The lowest BCUT2D eigenvalue weighted by Crippen LogP contribution is -2.42. The van der Waals surface area contributed by atoms with Crippen LogP contribution in [0.25, 0.3) is 0 Å². The largest absolute Gasteiger partial charge is 0.368 e. The molecule has 0 spiro atoms. The standard InChI is InChI=1S/C9H12O4/c1-2-13-8-5-7(6-10)3-4-9(8,11)12/h3-6,8,11-12H,2H2,1H3. The number of allylic oxidation sites excluding steroid dienone is 2. The average molecular weight is 184 g/mol. The van der Waals surface area contributed by atoms with E-state index in [-0.39, 0.29) is 0 Å². The molecule has 72 valence electrons. The van der Waals surface area contributed by atoms with Gasteiger partial charge in [0, 0.05) is 12.2 Å². The minimum Gasteiger partial charge on any atom is -0.368 e. The zero-order valence-electron chi connectivity index (χ0n) is 7.30. The van der Waals surface area contributed by atoms with Crippen LogP contribution in [-0.4, -0.2) is 35.0 Å². The first-order valence-electron chi connectivity index (χ1n) is 4.02. The van der Waals surface area contributed by atoms with E-state index in [1.165, 1.54) is 12.2 Å². The molecule has 4 nitrogen and oxygen atoms in total. The maximum Gasteiger partial charge on any atom is 0.214 e. The predicted octanol–water partition coefficient (Wildman–Crippen LogP) is -0.233. The van der Waals surface area contributed by atoms with Gasteiger partial charge in [0.25, 0.3) is 0 Å². The van der Waals surface area contributed by atoms with Crippen LogP contribution in [0.5, 0.6) is 0 Å². The molecule has 0 saturated carbocycles. The van der Waals surface area contributed by atoms with Crippen molar-refractivity contribution in [3.63, 3.8) is 0 Å². The predicted molar refractivity (Wildman–Crippen MR) is 45.9 cm³/mol. The Morgan fingerprint density at radius 2 is 2.38 bits per heavy atom. The number of hydrogen-bond acceptors (Lipinski definition) is 4. The molecule has 2 N–H and O–H groups in total. The summed E-state index contributed by atoms with van der Waals surface area (Å²) in [6.45, 7) is 2.09. The highest BCUT2D eigenvalue weighted by Crippen LogP contribution is 2.20. The van der Waals surface area contributed by atoms with Gasteiger partial charge in [0.1, 0.15) is 12.4 Å². The van der Waals surface area contributed by atoms with Gasteiger partial charge in [0.05, 0.1) is 0 Å². The molecule has 0 bridgehead atoms. The second kappa shape index (κ2) is 3.83. The molecule has 1 rings (SSSR count). The van der Waals surface area contributed by atoms with Crippen LogP contribution in [0.2, 0.25) is 0 Å². The molecular weight excluding hydrogens is 172 g/mol. The Hall–Kier alpha value is -0.970. The summed E-state index contributed by atoms with van der Waals surface area (Å²) in [5, 5.41) is 18.7. The fraction of sp³-hybridized carbons (Fsp3) is 0.444. The number of carbonyl (C=O) groups excluding carboxylic acids is 1. The quantitative estimate of drug-likeness (QED) is 0.469. The molecule has 0 aromatic carbocycles. The van der Waals surface area contributed by atoms with E-state index in [1.54, 1.807) is 6.92 Å². The summed E-state index contributed by atoms with van der Waals surface area (Å²) in [6, 6.07) is 0. The van der Waals surface area contributed by atoms with Gasteiger partial charge in [-0.05, 0) is 19.1 Å². The number of aldehydes is 1. The van der Waals surface area contributed by atoms with Crippen LogP contribution in [0.15, 0.2) is 23.8 Å². The Bertz CT molecular complexity index is 252. The van der Waals surface area contributed by atoms with Gasteiger partial charge < -0.3 is 14.9 Å². The molecule has 0 heterocycles. The van der Waals surface area contributed by atoms with Crippen molar-refractivity contribution in [1.29, 1.82) is 0 Å². The second-order valence-corrected chi connectivity index (χ2v) is 2.78. The first-order chi connectivity index (χ1) is 6.10. The van der Waals surface area contributed by atoms with Crippen molar-refractivity contribution < 1.29 is 19.7 Å². The molecular formula is C9H12O4. The van der Waals surface area contributed by atoms with Gasteiger partial charge >= 0.3 is 0 Å². The highest BCUT2D eigenvalue weighted by Gasteiger charge is 2.33. The summed E-state index contributed by atoms with van der Waals surface area (Å²) < 4.78 is 5.04. The van der Waals surface area contributed by atoms with Crippen LogP contribution >= 0.6 is 0 Å². The molecule has 4 heteroatoms. The monoisotopic (exact) mass is 184 g/mol. The van der Waals surface area contributed by atoms with E-state index in [4.69, 9.17) is 4.74 Å². The van der Waals surface area contributed by atoms with Gasteiger partial charge in [0.2, 0.25) is 5.79 Å². The van der Waals surface area contributed by atoms with Crippen molar-refractivity contribution in [2.24, 2.45) is 0 Å². The summed E-state index contributed by atoms with van der Waals surface area (Å²) in [7, 11) is 0. The summed E-state index contributed by atoms with van der Waals surface area (Å²) in [5.74, 6) is -2.01. The first kappa shape index (κ1) is 10.1. The van der Waals surface area contributed by atoms with E-state index >= 15 is 0 Å². The van der Waals surface area contributed by atoms with Crippen LogP contribution in [-0.2, 0) is 9.53 Å². The molecule has 0 saturated heterocycles. The molecule has 1 atom stereocenters.